The van der Waals surface area contributed by atoms with Crippen LogP contribution in [0.4, 0.5) is 0 Å². The van der Waals surface area contributed by atoms with Gasteiger partial charge in [-0.15, -0.1) is 10.2 Å². The van der Waals surface area contributed by atoms with Gasteiger partial charge in [0.1, 0.15) is 0 Å². The standard InChI is InChI=1S/C19H21N3O2S/c1-15-20-21-19(24-15)25-14-18(23)22(17-11-5-6-12-17)13-7-10-16-8-3-2-4-9-16/h2-4,8-9,17H,5-6,11-14H2,1H3. The lowest BCUT2D eigenvalue weighted by molar-refractivity contribution is -0.129. The van der Waals surface area contributed by atoms with Crippen LogP contribution >= 0.6 is 11.8 Å². The summed E-state index contributed by atoms with van der Waals surface area (Å²) in [6, 6.07) is 10.1. The number of nitrogens with zero attached hydrogens (tertiary/aromatic N) is 3. The van der Waals surface area contributed by atoms with E-state index < -0.39 is 0 Å². The third-order valence-corrected chi connectivity index (χ3v) is 4.97. The van der Waals surface area contributed by atoms with Crippen LogP contribution in [0.3, 0.4) is 0 Å². The van der Waals surface area contributed by atoms with Crippen molar-refractivity contribution in [3.05, 3.63) is 41.8 Å². The Morgan fingerprint density at radius 1 is 1.28 bits per heavy atom. The predicted octanol–water partition coefficient (Wildman–Crippen LogP) is 3.29. The third-order valence-electron chi connectivity index (χ3n) is 4.17. The third kappa shape index (κ3) is 5.10. The molecule has 2 aromatic rings. The van der Waals surface area contributed by atoms with E-state index in [1.807, 2.05) is 35.2 Å². The van der Waals surface area contributed by atoms with E-state index >= 15 is 0 Å². The highest BCUT2D eigenvalue weighted by Crippen LogP contribution is 2.25. The van der Waals surface area contributed by atoms with Crippen molar-refractivity contribution < 1.29 is 9.21 Å². The van der Waals surface area contributed by atoms with Gasteiger partial charge in [-0.3, -0.25) is 4.79 Å². The van der Waals surface area contributed by atoms with Gasteiger partial charge in [0.15, 0.2) is 0 Å². The summed E-state index contributed by atoms with van der Waals surface area (Å²) >= 11 is 1.29. The molecule has 1 fully saturated rings. The van der Waals surface area contributed by atoms with Gasteiger partial charge in [0.25, 0.3) is 5.22 Å². The molecular formula is C19H21N3O2S. The molecule has 25 heavy (non-hydrogen) atoms. The molecular weight excluding hydrogens is 334 g/mol. The molecule has 0 saturated heterocycles. The summed E-state index contributed by atoms with van der Waals surface area (Å²) in [7, 11) is 0. The second-order valence-corrected chi connectivity index (χ2v) is 6.93. The highest BCUT2D eigenvalue weighted by atomic mass is 32.2. The monoisotopic (exact) mass is 355 g/mol. The van der Waals surface area contributed by atoms with Crippen molar-refractivity contribution in [3.63, 3.8) is 0 Å². The molecule has 0 radical (unpaired) electrons. The van der Waals surface area contributed by atoms with Gasteiger partial charge in [0, 0.05) is 18.5 Å². The van der Waals surface area contributed by atoms with Gasteiger partial charge in [0.2, 0.25) is 11.8 Å². The molecule has 0 atom stereocenters. The summed E-state index contributed by atoms with van der Waals surface area (Å²) in [4.78, 5) is 14.6. The zero-order chi connectivity index (χ0) is 17.5. The summed E-state index contributed by atoms with van der Waals surface area (Å²) in [6.45, 7) is 2.20. The Balaban J connectivity index is 1.62. The molecule has 0 bridgehead atoms. The molecule has 0 spiro atoms. The maximum absolute atomic E-state index is 12.7. The fourth-order valence-corrected chi connectivity index (χ4v) is 3.62. The summed E-state index contributed by atoms with van der Waals surface area (Å²) in [5.74, 6) is 7.18. The molecule has 1 aromatic heterocycles. The molecule has 130 valence electrons. The molecule has 1 aliphatic carbocycles. The maximum Gasteiger partial charge on any atom is 0.277 e. The quantitative estimate of drug-likeness (QED) is 0.608. The Bertz CT molecular complexity index is 758. The number of aromatic nitrogens is 2. The molecule has 1 aliphatic rings. The fourth-order valence-electron chi connectivity index (χ4n) is 2.93. The van der Waals surface area contributed by atoms with Crippen LogP contribution < -0.4 is 0 Å². The zero-order valence-electron chi connectivity index (χ0n) is 14.3. The minimum atomic E-state index is 0.0788. The molecule has 6 heteroatoms. The van der Waals surface area contributed by atoms with Gasteiger partial charge < -0.3 is 9.32 Å². The van der Waals surface area contributed by atoms with Crippen LogP contribution in [0.1, 0.15) is 37.1 Å². The van der Waals surface area contributed by atoms with E-state index in [0.29, 0.717) is 29.5 Å². The number of hydrogen-bond acceptors (Lipinski definition) is 5. The van der Waals surface area contributed by atoms with E-state index in [0.717, 1.165) is 18.4 Å². The van der Waals surface area contributed by atoms with Crippen molar-refractivity contribution in [3.8, 4) is 11.8 Å². The second-order valence-electron chi connectivity index (χ2n) is 6.00. The lowest BCUT2D eigenvalue weighted by atomic mass is 10.2. The van der Waals surface area contributed by atoms with Crippen LogP contribution in [0.15, 0.2) is 40.0 Å². The molecule has 3 rings (SSSR count). The summed E-state index contributed by atoms with van der Waals surface area (Å²) in [5.41, 5.74) is 0.969. The fraction of sp³-hybridized carbons (Fsp3) is 0.421. The van der Waals surface area contributed by atoms with Crippen LogP contribution in [-0.4, -0.2) is 39.3 Å². The van der Waals surface area contributed by atoms with Gasteiger partial charge in [-0.2, -0.15) is 0 Å². The van der Waals surface area contributed by atoms with Crippen molar-refractivity contribution in [1.29, 1.82) is 0 Å². The van der Waals surface area contributed by atoms with Crippen molar-refractivity contribution >= 4 is 17.7 Å². The Morgan fingerprint density at radius 2 is 2.04 bits per heavy atom. The number of hydrogen-bond donors (Lipinski definition) is 0. The average Bonchev–Trinajstić information content (AvgIpc) is 3.29. The van der Waals surface area contributed by atoms with Gasteiger partial charge >= 0.3 is 0 Å². The average molecular weight is 355 g/mol. The SMILES string of the molecule is Cc1nnc(SCC(=O)N(CC#Cc2ccccc2)C2CCCC2)o1. The molecule has 0 unspecified atom stereocenters. The first-order chi connectivity index (χ1) is 12.2. The van der Waals surface area contributed by atoms with Crippen molar-refractivity contribution in [1.82, 2.24) is 15.1 Å². The number of carbonyl (C=O) groups is 1. The first-order valence-corrected chi connectivity index (χ1v) is 9.47. The number of rotatable bonds is 5. The predicted molar refractivity (Wildman–Crippen MR) is 97.0 cm³/mol. The van der Waals surface area contributed by atoms with Crippen molar-refractivity contribution in [2.75, 3.05) is 12.3 Å². The minimum absolute atomic E-state index is 0.0788. The topological polar surface area (TPSA) is 59.2 Å². The minimum Gasteiger partial charge on any atom is -0.416 e. The first-order valence-electron chi connectivity index (χ1n) is 8.48. The molecule has 0 aliphatic heterocycles. The first kappa shape index (κ1) is 17.6. The molecule has 1 heterocycles. The lowest BCUT2D eigenvalue weighted by Crippen LogP contribution is -2.40. The Labute approximate surface area is 152 Å². The van der Waals surface area contributed by atoms with Crippen LogP contribution in [-0.2, 0) is 4.79 Å². The van der Waals surface area contributed by atoms with Gasteiger partial charge in [-0.25, -0.2) is 0 Å². The summed E-state index contributed by atoms with van der Waals surface area (Å²) < 4.78 is 5.32. The molecule has 0 N–H and O–H groups in total. The smallest absolute Gasteiger partial charge is 0.277 e. The lowest BCUT2D eigenvalue weighted by Gasteiger charge is -2.26. The van der Waals surface area contributed by atoms with Gasteiger partial charge in [0.05, 0.1) is 12.3 Å². The highest BCUT2D eigenvalue weighted by molar-refractivity contribution is 7.99. The molecule has 1 amide bonds. The number of carbonyl (C=O) groups excluding carboxylic acids is 1. The van der Waals surface area contributed by atoms with E-state index in [1.165, 1.54) is 24.6 Å². The van der Waals surface area contributed by atoms with E-state index in [-0.39, 0.29) is 5.91 Å². The Hall–Kier alpha value is -2.26. The highest BCUT2D eigenvalue weighted by Gasteiger charge is 2.26. The van der Waals surface area contributed by atoms with Gasteiger partial charge in [-0.05, 0) is 25.0 Å². The number of benzene rings is 1. The second kappa shape index (κ2) is 8.72. The Kier molecular flexibility index (Phi) is 6.13. The van der Waals surface area contributed by atoms with Crippen LogP contribution in [0.25, 0.3) is 0 Å². The molecule has 1 saturated carbocycles. The molecule has 1 aromatic carbocycles. The number of thioether (sulfide) groups is 1. The number of aryl methyl sites for hydroxylation is 1. The maximum atomic E-state index is 12.7. The number of amides is 1. The normalized spacial score (nSPS) is 14.1. The Morgan fingerprint density at radius 3 is 2.72 bits per heavy atom. The van der Waals surface area contributed by atoms with Gasteiger partial charge in [-0.1, -0.05) is 54.6 Å². The van der Waals surface area contributed by atoms with Crippen molar-refractivity contribution in [2.45, 2.75) is 43.9 Å². The largest absolute Gasteiger partial charge is 0.416 e. The van der Waals surface area contributed by atoms with E-state index in [9.17, 15) is 4.79 Å². The zero-order valence-corrected chi connectivity index (χ0v) is 15.1. The van der Waals surface area contributed by atoms with Crippen LogP contribution in [0.5, 0.6) is 0 Å². The van der Waals surface area contributed by atoms with E-state index in [1.54, 1.807) is 6.92 Å². The van der Waals surface area contributed by atoms with Crippen LogP contribution in [0.2, 0.25) is 0 Å². The van der Waals surface area contributed by atoms with E-state index in [2.05, 4.69) is 22.0 Å². The van der Waals surface area contributed by atoms with Crippen LogP contribution in [0, 0.1) is 18.8 Å². The summed E-state index contributed by atoms with van der Waals surface area (Å²) in [5, 5.41) is 8.15. The summed E-state index contributed by atoms with van der Waals surface area (Å²) in [6.07, 6.45) is 4.47. The van der Waals surface area contributed by atoms with E-state index in [4.69, 9.17) is 4.42 Å². The molecule has 5 nitrogen and oxygen atoms in total. The van der Waals surface area contributed by atoms with Crippen molar-refractivity contribution in [2.24, 2.45) is 0 Å².